The van der Waals surface area contributed by atoms with Crippen LogP contribution in [0.2, 0.25) is 10.0 Å². The van der Waals surface area contributed by atoms with Crippen LogP contribution in [0.4, 0.5) is 0 Å². The fourth-order valence-electron chi connectivity index (χ4n) is 2.08. The van der Waals surface area contributed by atoms with Gasteiger partial charge in [-0.1, -0.05) is 36.2 Å². The van der Waals surface area contributed by atoms with E-state index in [1.807, 2.05) is 18.2 Å². The Hall–Kier alpha value is -0.320. The van der Waals surface area contributed by atoms with E-state index in [-0.39, 0.29) is 0 Å². The molecule has 0 aromatic heterocycles. The van der Waals surface area contributed by atoms with Gasteiger partial charge in [0.25, 0.3) is 0 Å². The van der Waals surface area contributed by atoms with Gasteiger partial charge in [0.2, 0.25) is 0 Å². The number of halogens is 2. The summed E-state index contributed by atoms with van der Waals surface area (Å²) < 4.78 is 10.4. The van der Waals surface area contributed by atoms with Gasteiger partial charge in [-0.25, -0.2) is 0 Å². The fourth-order valence-corrected chi connectivity index (χ4v) is 2.38. The van der Waals surface area contributed by atoms with Gasteiger partial charge in [-0.15, -0.1) is 0 Å². The Morgan fingerprint density at radius 2 is 1.90 bits per heavy atom. The van der Waals surface area contributed by atoms with Crippen molar-refractivity contribution in [3.63, 3.8) is 0 Å². The maximum atomic E-state index is 6.07. The summed E-state index contributed by atoms with van der Waals surface area (Å²) in [6, 6.07) is 6.14. The van der Waals surface area contributed by atoms with Crippen LogP contribution in [0, 0.1) is 0 Å². The molecule has 1 unspecified atom stereocenters. The van der Waals surface area contributed by atoms with E-state index in [0.29, 0.717) is 29.3 Å². The van der Waals surface area contributed by atoms with Gasteiger partial charge in [0.05, 0.1) is 23.3 Å². The SMILES string of the molecule is CCC(NCCCCOCCOC)c1ccc(Cl)c(Cl)c1. The molecule has 1 aromatic carbocycles. The van der Waals surface area contributed by atoms with Crippen LogP contribution in [0.15, 0.2) is 18.2 Å². The first-order valence-electron chi connectivity index (χ1n) is 7.44. The Labute approximate surface area is 137 Å². The lowest BCUT2D eigenvalue weighted by atomic mass is 10.0. The highest BCUT2D eigenvalue weighted by Crippen LogP contribution is 2.26. The predicted molar refractivity (Wildman–Crippen MR) is 89.4 cm³/mol. The average Bonchev–Trinajstić information content (AvgIpc) is 2.49. The highest BCUT2D eigenvalue weighted by Gasteiger charge is 2.09. The molecule has 1 N–H and O–H groups in total. The molecule has 0 aliphatic rings. The highest BCUT2D eigenvalue weighted by atomic mass is 35.5. The summed E-state index contributed by atoms with van der Waals surface area (Å²) >= 11 is 12.0. The van der Waals surface area contributed by atoms with Crippen LogP contribution in [0.1, 0.15) is 37.8 Å². The summed E-state index contributed by atoms with van der Waals surface area (Å²) in [7, 11) is 1.68. The van der Waals surface area contributed by atoms with Gasteiger partial charge in [-0.2, -0.15) is 0 Å². The summed E-state index contributed by atoms with van der Waals surface area (Å²) in [6.07, 6.45) is 3.15. The number of benzene rings is 1. The van der Waals surface area contributed by atoms with E-state index < -0.39 is 0 Å². The summed E-state index contributed by atoms with van der Waals surface area (Å²) in [4.78, 5) is 0. The molecule has 0 aliphatic heterocycles. The number of unbranched alkanes of at least 4 members (excludes halogenated alkanes) is 1. The molecule has 0 amide bonds. The maximum absolute atomic E-state index is 6.07. The van der Waals surface area contributed by atoms with Crippen molar-refractivity contribution in [3.8, 4) is 0 Å². The molecular weight excluding hydrogens is 309 g/mol. The van der Waals surface area contributed by atoms with Gasteiger partial charge in [-0.05, 0) is 43.5 Å². The van der Waals surface area contributed by atoms with Crippen LogP contribution < -0.4 is 5.32 Å². The molecule has 3 nitrogen and oxygen atoms in total. The van der Waals surface area contributed by atoms with Crippen LogP contribution in [0.5, 0.6) is 0 Å². The summed E-state index contributed by atoms with van der Waals surface area (Å²) in [6.45, 7) is 5.24. The maximum Gasteiger partial charge on any atom is 0.0700 e. The minimum Gasteiger partial charge on any atom is -0.382 e. The minimum atomic E-state index is 0.314. The van der Waals surface area contributed by atoms with E-state index in [9.17, 15) is 0 Å². The third-order valence-corrected chi connectivity index (χ3v) is 4.03. The van der Waals surface area contributed by atoms with Crippen molar-refractivity contribution in [1.82, 2.24) is 5.32 Å². The lowest BCUT2D eigenvalue weighted by Crippen LogP contribution is -2.22. The molecule has 0 saturated heterocycles. The number of hydrogen-bond donors (Lipinski definition) is 1. The average molecular weight is 334 g/mol. The zero-order valence-corrected chi connectivity index (χ0v) is 14.3. The van der Waals surface area contributed by atoms with Gasteiger partial charge in [0.15, 0.2) is 0 Å². The molecule has 1 atom stereocenters. The molecule has 0 radical (unpaired) electrons. The first kappa shape index (κ1) is 18.7. The molecule has 0 aliphatic carbocycles. The van der Waals surface area contributed by atoms with Gasteiger partial charge in [0, 0.05) is 19.8 Å². The monoisotopic (exact) mass is 333 g/mol. The zero-order valence-electron chi connectivity index (χ0n) is 12.8. The van der Waals surface area contributed by atoms with Crippen molar-refractivity contribution >= 4 is 23.2 Å². The zero-order chi connectivity index (χ0) is 15.5. The van der Waals surface area contributed by atoms with Crippen molar-refractivity contribution in [2.75, 3.05) is 33.5 Å². The first-order valence-corrected chi connectivity index (χ1v) is 8.19. The van der Waals surface area contributed by atoms with E-state index in [1.54, 1.807) is 7.11 Å². The van der Waals surface area contributed by atoms with E-state index >= 15 is 0 Å². The Morgan fingerprint density at radius 1 is 1.10 bits per heavy atom. The first-order chi connectivity index (χ1) is 10.2. The van der Waals surface area contributed by atoms with Crippen molar-refractivity contribution in [2.45, 2.75) is 32.2 Å². The highest BCUT2D eigenvalue weighted by molar-refractivity contribution is 6.42. The minimum absolute atomic E-state index is 0.314. The van der Waals surface area contributed by atoms with Gasteiger partial charge in [-0.3, -0.25) is 0 Å². The Bertz CT molecular complexity index is 402. The van der Waals surface area contributed by atoms with Crippen molar-refractivity contribution in [3.05, 3.63) is 33.8 Å². The fraction of sp³-hybridized carbons (Fsp3) is 0.625. The van der Waals surface area contributed by atoms with Crippen molar-refractivity contribution in [1.29, 1.82) is 0 Å². The number of nitrogens with one attached hydrogen (secondary N) is 1. The second-order valence-electron chi connectivity index (χ2n) is 4.90. The molecule has 0 fully saturated rings. The number of hydrogen-bond acceptors (Lipinski definition) is 3. The number of ether oxygens (including phenoxy) is 2. The molecule has 0 spiro atoms. The standard InChI is InChI=1S/C16H25Cl2NO2/c1-3-16(13-6-7-14(17)15(18)12-13)19-8-4-5-9-21-11-10-20-2/h6-7,12,16,19H,3-5,8-11H2,1-2H3. The molecule has 120 valence electrons. The summed E-state index contributed by atoms with van der Waals surface area (Å²) in [5, 5.41) is 4.76. The largest absolute Gasteiger partial charge is 0.382 e. The van der Waals surface area contributed by atoms with E-state index in [4.69, 9.17) is 32.7 Å². The van der Waals surface area contributed by atoms with Crippen molar-refractivity contribution in [2.24, 2.45) is 0 Å². The number of methoxy groups -OCH3 is 1. The molecule has 0 heterocycles. The quantitative estimate of drug-likeness (QED) is 0.605. The second kappa shape index (κ2) is 11.3. The molecule has 21 heavy (non-hydrogen) atoms. The van der Waals surface area contributed by atoms with Crippen molar-refractivity contribution < 1.29 is 9.47 Å². The lowest BCUT2D eigenvalue weighted by Gasteiger charge is -2.18. The van der Waals surface area contributed by atoms with Gasteiger partial charge >= 0.3 is 0 Å². The topological polar surface area (TPSA) is 30.5 Å². The molecule has 0 saturated carbocycles. The van der Waals surface area contributed by atoms with Crippen LogP contribution >= 0.6 is 23.2 Å². The normalized spacial score (nSPS) is 12.6. The second-order valence-corrected chi connectivity index (χ2v) is 5.72. The van der Waals surface area contributed by atoms with E-state index in [1.165, 1.54) is 5.56 Å². The lowest BCUT2D eigenvalue weighted by molar-refractivity contribution is 0.0687. The number of rotatable bonds is 11. The molecule has 1 aromatic rings. The summed E-state index contributed by atoms with van der Waals surface area (Å²) in [5.41, 5.74) is 1.18. The molecular formula is C16H25Cl2NO2. The summed E-state index contributed by atoms with van der Waals surface area (Å²) in [5.74, 6) is 0. The van der Waals surface area contributed by atoms with Gasteiger partial charge < -0.3 is 14.8 Å². The van der Waals surface area contributed by atoms with Crippen LogP contribution in [-0.2, 0) is 9.47 Å². The van der Waals surface area contributed by atoms with E-state index in [0.717, 1.165) is 32.4 Å². The Morgan fingerprint density at radius 3 is 2.57 bits per heavy atom. The predicted octanol–water partition coefficient (Wildman–Crippen LogP) is 4.48. The smallest absolute Gasteiger partial charge is 0.0700 e. The third-order valence-electron chi connectivity index (χ3n) is 3.29. The van der Waals surface area contributed by atoms with Crippen LogP contribution in [0.3, 0.4) is 0 Å². The third kappa shape index (κ3) is 7.48. The van der Waals surface area contributed by atoms with Gasteiger partial charge in [0.1, 0.15) is 0 Å². The van der Waals surface area contributed by atoms with Crippen LogP contribution in [-0.4, -0.2) is 33.5 Å². The molecule has 1 rings (SSSR count). The molecule has 5 heteroatoms. The Balaban J connectivity index is 2.23. The van der Waals surface area contributed by atoms with Crippen LogP contribution in [0.25, 0.3) is 0 Å². The Kier molecular flexibility index (Phi) is 10.1. The van der Waals surface area contributed by atoms with E-state index in [2.05, 4.69) is 12.2 Å². The molecule has 0 bridgehead atoms.